The number of hydrogen-bond acceptors (Lipinski definition) is 4. The van der Waals surface area contributed by atoms with Crippen molar-refractivity contribution in [1.29, 1.82) is 0 Å². The van der Waals surface area contributed by atoms with Crippen molar-refractivity contribution in [2.75, 3.05) is 19.6 Å². The van der Waals surface area contributed by atoms with E-state index in [1.807, 2.05) is 25.1 Å². The van der Waals surface area contributed by atoms with Crippen molar-refractivity contribution in [1.82, 2.24) is 25.4 Å². The highest BCUT2D eigenvalue weighted by molar-refractivity contribution is 5.91. The van der Waals surface area contributed by atoms with Crippen LogP contribution in [-0.4, -0.2) is 51.5 Å². The Kier molecular flexibility index (Phi) is 6.20. The number of hydrogen-bond donors (Lipinski definition) is 3. The summed E-state index contributed by atoms with van der Waals surface area (Å²) in [7, 11) is 0. The zero-order valence-corrected chi connectivity index (χ0v) is 18.1. The largest absolute Gasteiger partial charge is 0.356 e. The molecule has 1 unspecified atom stereocenters. The van der Waals surface area contributed by atoms with Gasteiger partial charge >= 0.3 is 5.69 Å². The second-order valence-corrected chi connectivity index (χ2v) is 8.24. The van der Waals surface area contributed by atoms with Crippen LogP contribution < -0.4 is 11.0 Å². The molecule has 0 spiro atoms. The Morgan fingerprint density at radius 3 is 2.47 bits per heavy atom. The third-order valence-electron chi connectivity index (χ3n) is 5.99. The number of nitrogens with zero attached hydrogens (tertiary/aromatic N) is 2. The van der Waals surface area contributed by atoms with Gasteiger partial charge in [0.25, 0.3) is 5.91 Å². The normalized spacial score (nSPS) is 18.3. The van der Waals surface area contributed by atoms with Gasteiger partial charge in [0, 0.05) is 19.6 Å². The van der Waals surface area contributed by atoms with Crippen LogP contribution in [0.25, 0.3) is 11.1 Å². The van der Waals surface area contributed by atoms with Crippen LogP contribution >= 0.6 is 0 Å². The Hall–Kier alpha value is -3.68. The molecular weight excluding hydrogens is 406 g/mol. The van der Waals surface area contributed by atoms with Crippen LogP contribution in [0.2, 0.25) is 0 Å². The highest BCUT2D eigenvalue weighted by Gasteiger charge is 2.43. The number of carbonyl (C=O) groups is 2. The highest BCUT2D eigenvalue weighted by atomic mass is 16.2. The maximum absolute atomic E-state index is 13.2. The van der Waals surface area contributed by atoms with E-state index >= 15 is 0 Å². The van der Waals surface area contributed by atoms with Crippen LogP contribution in [0.1, 0.15) is 35.9 Å². The van der Waals surface area contributed by atoms with Gasteiger partial charge in [-0.3, -0.25) is 14.6 Å². The van der Waals surface area contributed by atoms with E-state index in [1.54, 1.807) is 4.90 Å². The Morgan fingerprint density at radius 1 is 1.09 bits per heavy atom. The molecule has 0 radical (unpaired) electrons. The molecule has 32 heavy (non-hydrogen) atoms. The summed E-state index contributed by atoms with van der Waals surface area (Å²) in [6, 6.07) is 18.4. The van der Waals surface area contributed by atoms with Gasteiger partial charge in [0.05, 0.1) is 5.41 Å². The molecule has 3 N–H and O–H groups in total. The lowest BCUT2D eigenvalue weighted by Gasteiger charge is -2.41. The molecule has 4 rings (SSSR count). The number of rotatable bonds is 6. The Labute approximate surface area is 186 Å². The fraction of sp³-hybridized carbons (Fsp3) is 0.333. The summed E-state index contributed by atoms with van der Waals surface area (Å²) in [6.45, 7) is 3.20. The van der Waals surface area contributed by atoms with Gasteiger partial charge in [-0.05, 0) is 42.9 Å². The van der Waals surface area contributed by atoms with Gasteiger partial charge in [0.2, 0.25) is 11.7 Å². The zero-order chi connectivity index (χ0) is 22.6. The SMILES string of the molecule is CCNC(=O)C1(Cc2ccc(-c3ccccc3)cc2)CCCN(C(=O)c2n[nH]c(=O)[nH]2)C1. The number of likely N-dealkylation sites (tertiary alicyclic amines) is 1. The number of piperidine rings is 1. The molecule has 1 aliphatic heterocycles. The van der Waals surface area contributed by atoms with E-state index in [4.69, 9.17) is 0 Å². The van der Waals surface area contributed by atoms with Gasteiger partial charge in [-0.15, -0.1) is 5.10 Å². The molecule has 1 fully saturated rings. The van der Waals surface area contributed by atoms with Crippen LogP contribution in [-0.2, 0) is 11.2 Å². The van der Waals surface area contributed by atoms with Crippen molar-refractivity contribution in [3.8, 4) is 11.1 Å². The Morgan fingerprint density at radius 2 is 1.81 bits per heavy atom. The minimum atomic E-state index is -0.741. The van der Waals surface area contributed by atoms with Crippen molar-refractivity contribution >= 4 is 11.8 Å². The fourth-order valence-corrected chi connectivity index (χ4v) is 4.42. The van der Waals surface area contributed by atoms with E-state index in [9.17, 15) is 14.4 Å². The molecule has 2 heterocycles. The first kappa shape index (κ1) is 21.5. The van der Waals surface area contributed by atoms with Gasteiger partial charge in [-0.1, -0.05) is 54.6 Å². The lowest BCUT2D eigenvalue weighted by atomic mass is 9.74. The van der Waals surface area contributed by atoms with Crippen LogP contribution in [0.15, 0.2) is 59.4 Å². The topological polar surface area (TPSA) is 111 Å². The quantitative estimate of drug-likeness (QED) is 0.554. The van der Waals surface area contributed by atoms with E-state index in [0.29, 0.717) is 32.4 Å². The van der Waals surface area contributed by atoms with Gasteiger partial charge in [-0.2, -0.15) is 0 Å². The molecule has 2 amide bonds. The summed E-state index contributed by atoms with van der Waals surface area (Å²) in [4.78, 5) is 41.5. The molecule has 1 atom stereocenters. The molecule has 1 aromatic heterocycles. The Balaban J connectivity index is 1.58. The fourth-order valence-electron chi connectivity index (χ4n) is 4.42. The highest BCUT2D eigenvalue weighted by Crippen LogP contribution is 2.35. The van der Waals surface area contributed by atoms with Crippen LogP contribution in [0.4, 0.5) is 0 Å². The minimum Gasteiger partial charge on any atom is -0.356 e. The number of nitrogens with one attached hydrogen (secondary N) is 3. The Bertz CT molecular complexity index is 1140. The predicted octanol–water partition coefficient (Wildman–Crippen LogP) is 2.37. The molecule has 0 bridgehead atoms. The first-order valence-electron chi connectivity index (χ1n) is 10.9. The van der Waals surface area contributed by atoms with E-state index < -0.39 is 11.1 Å². The van der Waals surface area contributed by atoms with Crippen molar-refractivity contribution in [3.63, 3.8) is 0 Å². The number of carbonyl (C=O) groups excluding carboxylic acids is 2. The molecule has 3 aromatic rings. The van der Waals surface area contributed by atoms with Crippen molar-refractivity contribution in [2.45, 2.75) is 26.2 Å². The average Bonchev–Trinajstić information content (AvgIpc) is 3.26. The second-order valence-electron chi connectivity index (χ2n) is 8.24. The molecule has 166 valence electrons. The summed E-state index contributed by atoms with van der Waals surface area (Å²) in [6.07, 6.45) is 1.90. The van der Waals surface area contributed by atoms with E-state index in [0.717, 1.165) is 16.7 Å². The molecule has 0 aliphatic carbocycles. The number of benzene rings is 2. The summed E-state index contributed by atoms with van der Waals surface area (Å²) in [5.74, 6) is -0.467. The van der Waals surface area contributed by atoms with Crippen LogP contribution in [0.3, 0.4) is 0 Å². The summed E-state index contributed by atoms with van der Waals surface area (Å²) < 4.78 is 0. The molecule has 8 nitrogen and oxygen atoms in total. The average molecular weight is 434 g/mol. The smallest absolute Gasteiger partial charge is 0.341 e. The summed E-state index contributed by atoms with van der Waals surface area (Å²) >= 11 is 0. The zero-order valence-electron chi connectivity index (χ0n) is 18.1. The lowest BCUT2D eigenvalue weighted by Crippen LogP contribution is -2.54. The molecule has 1 aliphatic rings. The van der Waals surface area contributed by atoms with Gasteiger partial charge in [0.1, 0.15) is 0 Å². The van der Waals surface area contributed by atoms with Gasteiger partial charge < -0.3 is 10.2 Å². The van der Waals surface area contributed by atoms with E-state index in [-0.39, 0.29) is 24.2 Å². The molecular formula is C24H27N5O3. The van der Waals surface area contributed by atoms with Crippen LogP contribution in [0, 0.1) is 5.41 Å². The summed E-state index contributed by atoms with van der Waals surface area (Å²) in [5, 5.41) is 8.94. The van der Waals surface area contributed by atoms with Crippen LogP contribution in [0.5, 0.6) is 0 Å². The number of H-pyrrole nitrogens is 2. The standard InChI is InChI=1S/C24H27N5O3/c1-2-25-22(31)24(13-6-14-29(16-24)21(30)20-26-23(32)28-27-20)15-17-9-11-19(12-10-17)18-7-4-3-5-8-18/h3-5,7-12H,2,6,13-16H2,1H3,(H,25,31)(H2,26,27,28,32). The molecule has 0 saturated carbocycles. The van der Waals surface area contributed by atoms with Gasteiger partial charge in [0.15, 0.2) is 0 Å². The molecule has 1 saturated heterocycles. The maximum atomic E-state index is 13.2. The molecule has 2 aromatic carbocycles. The maximum Gasteiger partial charge on any atom is 0.341 e. The predicted molar refractivity (Wildman–Crippen MR) is 121 cm³/mol. The first-order chi connectivity index (χ1) is 15.5. The third kappa shape index (κ3) is 4.49. The van der Waals surface area contributed by atoms with E-state index in [2.05, 4.69) is 56.9 Å². The molecule has 8 heteroatoms. The van der Waals surface area contributed by atoms with Crippen molar-refractivity contribution in [3.05, 3.63) is 76.5 Å². The lowest BCUT2D eigenvalue weighted by molar-refractivity contribution is -0.133. The van der Waals surface area contributed by atoms with E-state index in [1.165, 1.54) is 0 Å². The summed E-state index contributed by atoms with van der Waals surface area (Å²) in [5.41, 5.74) is 2.02. The monoisotopic (exact) mass is 433 g/mol. The third-order valence-corrected chi connectivity index (χ3v) is 5.99. The minimum absolute atomic E-state index is 0.0334. The van der Waals surface area contributed by atoms with Crippen molar-refractivity contribution in [2.24, 2.45) is 5.41 Å². The number of aromatic amines is 2. The first-order valence-corrected chi connectivity index (χ1v) is 10.9. The number of amides is 2. The number of aromatic nitrogens is 3. The second kappa shape index (κ2) is 9.21. The van der Waals surface area contributed by atoms with Crippen molar-refractivity contribution < 1.29 is 9.59 Å². The van der Waals surface area contributed by atoms with Gasteiger partial charge in [-0.25, -0.2) is 9.89 Å².